The Kier molecular flexibility index (Phi) is 3.72. The highest BCUT2D eigenvalue weighted by atomic mass is 32.1. The minimum atomic E-state index is -0.281. The van der Waals surface area contributed by atoms with Crippen LogP contribution in [0.1, 0.15) is 16.2 Å². The summed E-state index contributed by atoms with van der Waals surface area (Å²) in [4.78, 5) is 13.2. The Bertz CT molecular complexity index is 938. The van der Waals surface area contributed by atoms with Crippen molar-refractivity contribution in [2.24, 2.45) is 0 Å². The van der Waals surface area contributed by atoms with Gasteiger partial charge in [0.2, 0.25) is 5.76 Å². The Labute approximate surface area is 140 Å². The van der Waals surface area contributed by atoms with Gasteiger partial charge >= 0.3 is 0 Å². The van der Waals surface area contributed by atoms with Gasteiger partial charge in [0.1, 0.15) is 5.69 Å². The molecule has 1 amide bonds. The molecule has 0 bridgehead atoms. The summed E-state index contributed by atoms with van der Waals surface area (Å²) < 4.78 is 10.4. The number of H-pyrrole nitrogens is 1. The maximum atomic E-state index is 12.2. The van der Waals surface area contributed by atoms with Crippen molar-refractivity contribution in [3.63, 3.8) is 0 Å². The topological polar surface area (TPSA) is 97.0 Å². The first-order valence-electron chi connectivity index (χ1n) is 7.16. The number of carbonyl (C=O) groups excluding carboxylic acids is 1. The number of furan rings is 1. The third-order valence-corrected chi connectivity index (χ3v) is 4.25. The molecule has 0 fully saturated rings. The third kappa shape index (κ3) is 2.86. The van der Waals surface area contributed by atoms with Crippen LogP contribution in [0.15, 0.2) is 57.0 Å². The molecule has 7 nitrogen and oxygen atoms in total. The fourth-order valence-corrected chi connectivity index (χ4v) is 2.88. The fraction of sp³-hybridized carbons (Fsp3) is 0.0625. The van der Waals surface area contributed by atoms with E-state index in [1.807, 2.05) is 17.5 Å². The van der Waals surface area contributed by atoms with E-state index in [2.05, 4.69) is 20.7 Å². The first-order chi connectivity index (χ1) is 11.8. The lowest BCUT2D eigenvalue weighted by Gasteiger charge is -1.98. The predicted molar refractivity (Wildman–Crippen MR) is 87.3 cm³/mol. The van der Waals surface area contributed by atoms with Gasteiger partial charge in [-0.2, -0.15) is 5.10 Å². The molecule has 4 aromatic rings. The molecule has 0 unspecified atom stereocenters. The zero-order chi connectivity index (χ0) is 16.4. The molecule has 0 aromatic carbocycles. The summed E-state index contributed by atoms with van der Waals surface area (Å²) in [6, 6.07) is 10.9. The van der Waals surface area contributed by atoms with E-state index in [0.29, 0.717) is 22.9 Å². The molecule has 120 valence electrons. The summed E-state index contributed by atoms with van der Waals surface area (Å²) in [7, 11) is 0. The lowest BCUT2D eigenvalue weighted by molar-refractivity contribution is 0.0945. The van der Waals surface area contributed by atoms with Crippen LogP contribution in [0, 0.1) is 0 Å². The van der Waals surface area contributed by atoms with Gasteiger partial charge in [-0.05, 0) is 29.6 Å². The number of rotatable bonds is 5. The van der Waals surface area contributed by atoms with Crippen LogP contribution < -0.4 is 5.32 Å². The van der Waals surface area contributed by atoms with Gasteiger partial charge in [0.15, 0.2) is 11.5 Å². The van der Waals surface area contributed by atoms with E-state index in [-0.39, 0.29) is 12.5 Å². The van der Waals surface area contributed by atoms with E-state index in [4.69, 9.17) is 8.94 Å². The lowest BCUT2D eigenvalue weighted by Crippen LogP contribution is -2.23. The first kappa shape index (κ1) is 14.5. The maximum Gasteiger partial charge on any atom is 0.272 e. The van der Waals surface area contributed by atoms with E-state index in [1.165, 1.54) is 0 Å². The molecule has 2 N–H and O–H groups in total. The number of aromatic nitrogens is 3. The van der Waals surface area contributed by atoms with Crippen molar-refractivity contribution in [3.05, 3.63) is 59.4 Å². The molecule has 0 saturated carbocycles. The van der Waals surface area contributed by atoms with Gasteiger partial charge in [0, 0.05) is 6.07 Å². The summed E-state index contributed by atoms with van der Waals surface area (Å²) in [6.45, 7) is 0.240. The summed E-state index contributed by atoms with van der Waals surface area (Å²) >= 11 is 1.58. The van der Waals surface area contributed by atoms with Crippen molar-refractivity contribution < 1.29 is 13.7 Å². The van der Waals surface area contributed by atoms with Crippen molar-refractivity contribution in [1.82, 2.24) is 20.7 Å². The van der Waals surface area contributed by atoms with Gasteiger partial charge < -0.3 is 14.3 Å². The Morgan fingerprint density at radius 2 is 2.21 bits per heavy atom. The Morgan fingerprint density at radius 3 is 3.00 bits per heavy atom. The molecule has 0 aliphatic heterocycles. The van der Waals surface area contributed by atoms with Gasteiger partial charge in [-0.25, -0.2) is 0 Å². The molecule has 0 spiro atoms. The maximum absolute atomic E-state index is 12.2. The molecule has 0 aliphatic rings. The number of carbonyl (C=O) groups is 1. The molecule has 0 aliphatic carbocycles. The minimum absolute atomic E-state index is 0.240. The van der Waals surface area contributed by atoms with Crippen molar-refractivity contribution in [1.29, 1.82) is 0 Å². The monoisotopic (exact) mass is 340 g/mol. The average molecular weight is 340 g/mol. The Morgan fingerprint density at radius 1 is 1.25 bits per heavy atom. The molecule has 4 aromatic heterocycles. The largest absolute Gasteiger partial charge is 0.461 e. The number of hydrogen-bond acceptors (Lipinski definition) is 6. The van der Waals surface area contributed by atoms with Crippen molar-refractivity contribution >= 4 is 17.2 Å². The molecular formula is C16H12N4O3S. The van der Waals surface area contributed by atoms with Crippen molar-refractivity contribution in [2.75, 3.05) is 0 Å². The number of thiophene rings is 1. The molecule has 4 heterocycles. The van der Waals surface area contributed by atoms with Gasteiger partial charge in [0.25, 0.3) is 5.91 Å². The van der Waals surface area contributed by atoms with Gasteiger partial charge in [-0.3, -0.25) is 9.89 Å². The zero-order valence-corrected chi connectivity index (χ0v) is 13.2. The average Bonchev–Trinajstić information content (AvgIpc) is 3.40. The quantitative estimate of drug-likeness (QED) is 0.581. The van der Waals surface area contributed by atoms with Crippen LogP contribution in [0.25, 0.3) is 22.1 Å². The highest BCUT2D eigenvalue weighted by Crippen LogP contribution is 2.23. The van der Waals surface area contributed by atoms with Crippen LogP contribution in [0.5, 0.6) is 0 Å². The van der Waals surface area contributed by atoms with E-state index >= 15 is 0 Å². The predicted octanol–water partition coefficient (Wildman–Crippen LogP) is 3.32. The third-order valence-electron chi connectivity index (χ3n) is 3.35. The summed E-state index contributed by atoms with van der Waals surface area (Å²) in [5, 5.41) is 15.5. The normalized spacial score (nSPS) is 10.8. The van der Waals surface area contributed by atoms with Crippen LogP contribution in [0.3, 0.4) is 0 Å². The molecule has 0 radical (unpaired) electrons. The molecule has 24 heavy (non-hydrogen) atoms. The number of aromatic amines is 1. The second-order valence-electron chi connectivity index (χ2n) is 4.99. The molecule has 4 rings (SSSR count). The lowest BCUT2D eigenvalue weighted by atomic mass is 10.3. The summed E-state index contributed by atoms with van der Waals surface area (Å²) in [5.74, 6) is 0.827. The van der Waals surface area contributed by atoms with Crippen LogP contribution in [0.4, 0.5) is 0 Å². The first-order valence-corrected chi connectivity index (χ1v) is 8.04. The number of nitrogens with one attached hydrogen (secondary N) is 2. The van der Waals surface area contributed by atoms with E-state index < -0.39 is 0 Å². The fourth-order valence-electron chi connectivity index (χ4n) is 2.19. The summed E-state index contributed by atoms with van der Waals surface area (Å²) in [6.07, 6.45) is 1.56. The van der Waals surface area contributed by atoms with Crippen molar-refractivity contribution in [3.8, 4) is 22.1 Å². The standard InChI is InChI=1S/C16H12N4O3S/c21-16(12-8-11(18-19-12)15-4-2-6-24-15)17-9-10-7-14(23-20-10)13-3-1-5-22-13/h1-8H,9H2,(H,17,21)(H,18,19). The molecule has 0 atom stereocenters. The van der Waals surface area contributed by atoms with Gasteiger partial charge in [-0.1, -0.05) is 11.2 Å². The number of nitrogens with zero attached hydrogens (tertiary/aromatic N) is 2. The second-order valence-corrected chi connectivity index (χ2v) is 5.93. The number of hydrogen-bond donors (Lipinski definition) is 2. The molecular weight excluding hydrogens is 328 g/mol. The second kappa shape index (κ2) is 6.17. The number of amides is 1. The summed E-state index contributed by atoms with van der Waals surface area (Å²) in [5.41, 5.74) is 1.74. The van der Waals surface area contributed by atoms with E-state index in [9.17, 15) is 4.79 Å². The van der Waals surface area contributed by atoms with E-state index in [1.54, 1.807) is 41.9 Å². The highest BCUT2D eigenvalue weighted by Gasteiger charge is 2.14. The smallest absolute Gasteiger partial charge is 0.272 e. The van der Waals surface area contributed by atoms with Crippen LogP contribution >= 0.6 is 11.3 Å². The SMILES string of the molecule is O=C(NCc1cc(-c2ccco2)on1)c1cc(-c2cccs2)[nH]n1. The van der Waals surface area contributed by atoms with E-state index in [0.717, 1.165) is 10.6 Å². The van der Waals surface area contributed by atoms with Crippen LogP contribution in [0.2, 0.25) is 0 Å². The van der Waals surface area contributed by atoms with Crippen LogP contribution in [-0.2, 0) is 6.54 Å². The van der Waals surface area contributed by atoms with Gasteiger partial charge in [0.05, 0.1) is 23.4 Å². The molecule has 0 saturated heterocycles. The van der Waals surface area contributed by atoms with Crippen LogP contribution in [-0.4, -0.2) is 21.3 Å². The Balaban J connectivity index is 1.40. The minimum Gasteiger partial charge on any atom is -0.461 e. The Hall–Kier alpha value is -3.13. The zero-order valence-electron chi connectivity index (χ0n) is 12.4. The van der Waals surface area contributed by atoms with Crippen molar-refractivity contribution in [2.45, 2.75) is 6.54 Å². The van der Waals surface area contributed by atoms with Gasteiger partial charge in [-0.15, -0.1) is 11.3 Å². The highest BCUT2D eigenvalue weighted by molar-refractivity contribution is 7.13. The molecule has 8 heteroatoms.